The van der Waals surface area contributed by atoms with Gasteiger partial charge in [0.2, 0.25) is 5.91 Å². The zero-order valence-electron chi connectivity index (χ0n) is 17.2. The molecule has 0 fully saturated rings. The third kappa shape index (κ3) is 4.87. The Kier molecular flexibility index (Phi) is 5.87. The summed E-state index contributed by atoms with van der Waals surface area (Å²) >= 11 is 0. The minimum atomic E-state index is -4.43. The Morgan fingerprint density at radius 1 is 1.09 bits per heavy atom. The summed E-state index contributed by atoms with van der Waals surface area (Å²) in [5.74, 6) is 0.491. The SMILES string of the molecule is C=CC(=O)Nc1cccc(N2CCc3ccc(Oc4ccc(C(F)(F)F)cc4)cc3C2=O)n1. The second-order valence-electron chi connectivity index (χ2n) is 7.22. The van der Waals surface area contributed by atoms with E-state index >= 15 is 0 Å². The first-order valence-corrected chi connectivity index (χ1v) is 9.95. The quantitative estimate of drug-likeness (QED) is 0.538. The molecule has 0 saturated heterocycles. The standard InChI is InChI=1S/C24H18F3N3O3/c1-2-22(31)29-20-4-3-5-21(28-20)30-13-12-15-6-9-18(14-19(15)23(30)32)33-17-10-7-16(8-11-17)24(25,26)27/h2-11,14H,1,12-13H2,(H,28,29,31). The number of nitrogens with zero attached hydrogens (tertiary/aromatic N) is 2. The Balaban J connectivity index is 1.55. The summed E-state index contributed by atoms with van der Waals surface area (Å²) in [6.45, 7) is 3.79. The van der Waals surface area contributed by atoms with Gasteiger partial charge in [0.1, 0.15) is 23.1 Å². The maximum absolute atomic E-state index is 13.2. The largest absolute Gasteiger partial charge is 0.457 e. The molecule has 6 nitrogen and oxygen atoms in total. The van der Waals surface area contributed by atoms with Crippen molar-refractivity contribution in [3.63, 3.8) is 0 Å². The monoisotopic (exact) mass is 453 g/mol. The second kappa shape index (κ2) is 8.78. The number of aromatic nitrogens is 1. The van der Waals surface area contributed by atoms with E-state index in [0.29, 0.717) is 30.1 Å². The lowest BCUT2D eigenvalue weighted by Gasteiger charge is -2.28. The second-order valence-corrected chi connectivity index (χ2v) is 7.22. The summed E-state index contributed by atoms with van der Waals surface area (Å²) in [4.78, 5) is 30.5. The summed E-state index contributed by atoms with van der Waals surface area (Å²) in [7, 11) is 0. The minimum Gasteiger partial charge on any atom is -0.457 e. The van der Waals surface area contributed by atoms with Gasteiger partial charge in [0.25, 0.3) is 5.91 Å². The van der Waals surface area contributed by atoms with Gasteiger partial charge in [-0.05, 0) is 66.6 Å². The van der Waals surface area contributed by atoms with E-state index in [0.717, 1.165) is 23.8 Å². The number of hydrogen-bond acceptors (Lipinski definition) is 4. The highest BCUT2D eigenvalue weighted by molar-refractivity contribution is 6.08. The van der Waals surface area contributed by atoms with Gasteiger partial charge in [-0.2, -0.15) is 13.2 Å². The molecule has 0 radical (unpaired) electrons. The summed E-state index contributed by atoms with van der Waals surface area (Å²) in [5.41, 5.74) is 0.463. The summed E-state index contributed by atoms with van der Waals surface area (Å²) in [6, 6.07) is 14.2. The number of fused-ring (bicyclic) bond motifs is 1. The molecule has 3 aromatic rings. The van der Waals surface area contributed by atoms with Crippen LogP contribution >= 0.6 is 0 Å². The number of halogens is 3. The Morgan fingerprint density at radius 2 is 1.82 bits per heavy atom. The fourth-order valence-corrected chi connectivity index (χ4v) is 3.40. The van der Waals surface area contributed by atoms with Gasteiger partial charge >= 0.3 is 6.18 Å². The van der Waals surface area contributed by atoms with Crippen LogP contribution in [0.15, 0.2) is 73.3 Å². The first-order valence-electron chi connectivity index (χ1n) is 9.95. The normalized spacial score (nSPS) is 13.3. The molecule has 0 atom stereocenters. The molecule has 4 rings (SSSR count). The Morgan fingerprint density at radius 3 is 2.52 bits per heavy atom. The molecular formula is C24H18F3N3O3. The Bertz CT molecular complexity index is 1220. The number of ether oxygens (including phenoxy) is 1. The lowest BCUT2D eigenvalue weighted by Crippen LogP contribution is -2.38. The molecule has 1 N–H and O–H groups in total. The van der Waals surface area contributed by atoms with Gasteiger partial charge in [0.15, 0.2) is 0 Å². The third-order valence-electron chi connectivity index (χ3n) is 5.03. The summed E-state index contributed by atoms with van der Waals surface area (Å²) in [6.07, 6.45) is -2.73. The predicted octanol–water partition coefficient (Wildman–Crippen LogP) is 5.22. The molecule has 33 heavy (non-hydrogen) atoms. The molecule has 1 aliphatic heterocycles. The molecule has 9 heteroatoms. The number of nitrogens with one attached hydrogen (secondary N) is 1. The van der Waals surface area contributed by atoms with Gasteiger partial charge in [-0.15, -0.1) is 0 Å². The summed E-state index contributed by atoms with van der Waals surface area (Å²) < 4.78 is 43.9. The molecule has 0 bridgehead atoms. The van der Waals surface area contributed by atoms with E-state index in [1.54, 1.807) is 36.4 Å². The first kappa shape index (κ1) is 22.1. The zero-order valence-corrected chi connectivity index (χ0v) is 17.2. The van der Waals surface area contributed by atoms with Gasteiger partial charge in [-0.1, -0.05) is 18.7 Å². The molecule has 168 valence electrons. The Hall–Kier alpha value is -4.14. The number of alkyl halides is 3. The zero-order chi connectivity index (χ0) is 23.6. The van der Waals surface area contributed by atoms with Crippen molar-refractivity contribution in [3.05, 3.63) is 90.0 Å². The number of amides is 2. The molecule has 1 aromatic heterocycles. The number of hydrogen-bond donors (Lipinski definition) is 1. The van der Waals surface area contributed by atoms with Crippen molar-refractivity contribution < 1.29 is 27.5 Å². The van der Waals surface area contributed by atoms with Crippen LogP contribution in [-0.2, 0) is 17.4 Å². The molecular weight excluding hydrogens is 435 g/mol. The van der Waals surface area contributed by atoms with Gasteiger partial charge in [0.05, 0.1) is 5.56 Å². The highest BCUT2D eigenvalue weighted by atomic mass is 19.4. The highest BCUT2D eigenvalue weighted by Gasteiger charge is 2.30. The van der Waals surface area contributed by atoms with Crippen LogP contribution in [0.5, 0.6) is 11.5 Å². The smallest absolute Gasteiger partial charge is 0.416 e. The molecule has 0 unspecified atom stereocenters. The minimum absolute atomic E-state index is 0.218. The van der Waals surface area contributed by atoms with Crippen molar-refractivity contribution in [2.24, 2.45) is 0 Å². The van der Waals surface area contributed by atoms with Gasteiger partial charge < -0.3 is 10.1 Å². The molecule has 0 spiro atoms. The van der Waals surface area contributed by atoms with Crippen molar-refractivity contribution in [2.45, 2.75) is 12.6 Å². The number of carbonyl (C=O) groups excluding carboxylic acids is 2. The fraction of sp³-hybridized carbons (Fsp3) is 0.125. The number of benzene rings is 2. The van der Waals surface area contributed by atoms with Crippen molar-refractivity contribution >= 4 is 23.5 Å². The lowest BCUT2D eigenvalue weighted by atomic mass is 9.98. The Labute approximate surface area is 187 Å². The van der Waals surface area contributed by atoms with Crippen LogP contribution in [0.25, 0.3) is 0 Å². The van der Waals surface area contributed by atoms with Crippen LogP contribution in [0.1, 0.15) is 21.5 Å². The fourth-order valence-electron chi connectivity index (χ4n) is 3.40. The topological polar surface area (TPSA) is 71.5 Å². The van der Waals surface area contributed by atoms with E-state index in [1.165, 1.54) is 17.0 Å². The number of anilines is 2. The van der Waals surface area contributed by atoms with Crippen molar-refractivity contribution in [1.29, 1.82) is 0 Å². The van der Waals surface area contributed by atoms with Gasteiger partial charge in [-0.3, -0.25) is 14.5 Å². The van der Waals surface area contributed by atoms with E-state index in [-0.39, 0.29) is 17.5 Å². The van der Waals surface area contributed by atoms with E-state index in [1.807, 2.05) is 0 Å². The average Bonchev–Trinajstić information content (AvgIpc) is 2.79. The third-order valence-corrected chi connectivity index (χ3v) is 5.03. The molecule has 0 saturated carbocycles. The van der Waals surface area contributed by atoms with E-state index in [9.17, 15) is 22.8 Å². The molecule has 2 aromatic carbocycles. The lowest BCUT2D eigenvalue weighted by molar-refractivity contribution is -0.137. The van der Waals surface area contributed by atoms with Gasteiger partial charge in [-0.25, -0.2) is 4.98 Å². The molecule has 0 aliphatic carbocycles. The van der Waals surface area contributed by atoms with Crippen LogP contribution in [0, 0.1) is 0 Å². The van der Waals surface area contributed by atoms with Crippen LogP contribution in [0.2, 0.25) is 0 Å². The number of pyridine rings is 1. The maximum Gasteiger partial charge on any atom is 0.416 e. The van der Waals surface area contributed by atoms with E-state index < -0.39 is 17.6 Å². The van der Waals surface area contributed by atoms with Crippen molar-refractivity contribution in [1.82, 2.24) is 4.98 Å². The van der Waals surface area contributed by atoms with Crippen LogP contribution in [-0.4, -0.2) is 23.3 Å². The first-order chi connectivity index (χ1) is 15.7. The maximum atomic E-state index is 13.2. The van der Waals surface area contributed by atoms with Crippen molar-refractivity contribution in [3.8, 4) is 11.5 Å². The van der Waals surface area contributed by atoms with Crippen molar-refractivity contribution in [2.75, 3.05) is 16.8 Å². The number of carbonyl (C=O) groups is 2. The summed E-state index contributed by atoms with van der Waals surface area (Å²) in [5, 5.41) is 2.56. The molecule has 1 aliphatic rings. The predicted molar refractivity (Wildman–Crippen MR) is 116 cm³/mol. The highest BCUT2D eigenvalue weighted by Crippen LogP contribution is 2.33. The van der Waals surface area contributed by atoms with Crippen LogP contribution < -0.4 is 15.0 Å². The molecule has 2 amide bonds. The number of rotatable bonds is 5. The molecule has 2 heterocycles. The van der Waals surface area contributed by atoms with Gasteiger partial charge in [0, 0.05) is 12.1 Å². The van der Waals surface area contributed by atoms with Crippen LogP contribution in [0.3, 0.4) is 0 Å². The average molecular weight is 453 g/mol. The van der Waals surface area contributed by atoms with Crippen LogP contribution in [0.4, 0.5) is 24.8 Å². The van der Waals surface area contributed by atoms with E-state index in [2.05, 4.69) is 16.9 Å². The van der Waals surface area contributed by atoms with E-state index in [4.69, 9.17) is 4.74 Å².